The van der Waals surface area contributed by atoms with Crippen LogP contribution in [0.4, 0.5) is 0 Å². The normalized spacial score (nSPS) is 11.2. The standard InChI is InChI=1S/C19H20N2O3/c1-12(2)14-5-7-15(8-6-14)18(22)20-11-13-4-9-16-17(10-13)24-19(23)21(16)3/h4-10,12H,11H2,1-3H3,(H,20,22). The molecular formula is C19H20N2O3. The Morgan fingerprint density at radius 3 is 2.54 bits per heavy atom. The van der Waals surface area contributed by atoms with Crippen LogP contribution >= 0.6 is 0 Å². The minimum absolute atomic E-state index is 0.125. The van der Waals surface area contributed by atoms with Gasteiger partial charge in [0.2, 0.25) is 0 Å². The number of carbonyl (C=O) groups is 1. The molecule has 0 bridgehead atoms. The number of hydrogen-bond donors (Lipinski definition) is 1. The van der Waals surface area contributed by atoms with Gasteiger partial charge in [-0.3, -0.25) is 9.36 Å². The van der Waals surface area contributed by atoms with Gasteiger partial charge in [-0.1, -0.05) is 32.0 Å². The third-order valence-corrected chi connectivity index (χ3v) is 4.15. The van der Waals surface area contributed by atoms with Crippen LogP contribution < -0.4 is 11.1 Å². The van der Waals surface area contributed by atoms with E-state index in [4.69, 9.17) is 4.42 Å². The van der Waals surface area contributed by atoms with E-state index in [0.717, 1.165) is 11.1 Å². The molecule has 2 aromatic carbocycles. The number of oxazole rings is 1. The third-order valence-electron chi connectivity index (χ3n) is 4.15. The van der Waals surface area contributed by atoms with Crippen LogP contribution in [0.1, 0.15) is 41.3 Å². The molecule has 5 nitrogen and oxygen atoms in total. The molecule has 1 amide bonds. The van der Waals surface area contributed by atoms with Crippen molar-refractivity contribution in [3.63, 3.8) is 0 Å². The number of carbonyl (C=O) groups excluding carboxylic acids is 1. The average Bonchev–Trinajstić information content (AvgIpc) is 2.86. The minimum Gasteiger partial charge on any atom is -0.408 e. The smallest absolute Gasteiger partial charge is 0.408 e. The van der Waals surface area contributed by atoms with Crippen molar-refractivity contribution in [3.8, 4) is 0 Å². The lowest BCUT2D eigenvalue weighted by Gasteiger charge is -2.08. The molecule has 0 atom stereocenters. The van der Waals surface area contributed by atoms with Crippen molar-refractivity contribution < 1.29 is 9.21 Å². The summed E-state index contributed by atoms with van der Waals surface area (Å²) in [7, 11) is 1.66. The molecule has 0 aliphatic carbocycles. The number of amides is 1. The zero-order valence-corrected chi connectivity index (χ0v) is 14.0. The number of benzene rings is 2. The van der Waals surface area contributed by atoms with Crippen molar-refractivity contribution in [2.24, 2.45) is 7.05 Å². The molecule has 1 heterocycles. The molecule has 0 fully saturated rings. The molecule has 1 N–H and O–H groups in total. The van der Waals surface area contributed by atoms with Crippen molar-refractivity contribution >= 4 is 17.0 Å². The predicted octanol–water partition coefficient (Wildman–Crippen LogP) is 3.18. The molecule has 24 heavy (non-hydrogen) atoms. The van der Waals surface area contributed by atoms with Crippen LogP contribution in [0.3, 0.4) is 0 Å². The molecule has 0 aliphatic heterocycles. The molecule has 0 spiro atoms. The summed E-state index contributed by atoms with van der Waals surface area (Å²) in [5.74, 6) is -0.0780. The molecule has 5 heteroatoms. The van der Waals surface area contributed by atoms with Gasteiger partial charge in [0.25, 0.3) is 5.91 Å². The van der Waals surface area contributed by atoms with E-state index in [2.05, 4.69) is 19.2 Å². The fourth-order valence-corrected chi connectivity index (χ4v) is 2.59. The first-order valence-electron chi connectivity index (χ1n) is 7.92. The summed E-state index contributed by atoms with van der Waals surface area (Å²) >= 11 is 0. The van der Waals surface area contributed by atoms with E-state index < -0.39 is 5.76 Å². The average molecular weight is 324 g/mol. The summed E-state index contributed by atoms with van der Waals surface area (Å²) in [6, 6.07) is 13.1. The van der Waals surface area contributed by atoms with E-state index in [9.17, 15) is 9.59 Å². The van der Waals surface area contributed by atoms with Gasteiger partial charge < -0.3 is 9.73 Å². The molecule has 0 aliphatic rings. The van der Waals surface area contributed by atoms with Gasteiger partial charge in [-0.05, 0) is 41.3 Å². The number of nitrogens with one attached hydrogen (secondary N) is 1. The maximum atomic E-state index is 12.2. The predicted molar refractivity (Wildman–Crippen MR) is 93.2 cm³/mol. The summed E-state index contributed by atoms with van der Waals surface area (Å²) < 4.78 is 6.61. The van der Waals surface area contributed by atoms with E-state index in [1.807, 2.05) is 36.4 Å². The Morgan fingerprint density at radius 1 is 1.17 bits per heavy atom. The van der Waals surface area contributed by atoms with Crippen LogP contribution in [-0.2, 0) is 13.6 Å². The van der Waals surface area contributed by atoms with Gasteiger partial charge in [0, 0.05) is 19.2 Å². The van der Waals surface area contributed by atoms with Crippen LogP contribution in [0, 0.1) is 0 Å². The monoisotopic (exact) mass is 324 g/mol. The first kappa shape index (κ1) is 16.1. The lowest BCUT2D eigenvalue weighted by molar-refractivity contribution is 0.0951. The van der Waals surface area contributed by atoms with Crippen molar-refractivity contribution in [2.75, 3.05) is 0 Å². The van der Waals surface area contributed by atoms with Crippen molar-refractivity contribution in [2.45, 2.75) is 26.3 Å². The Kier molecular flexibility index (Phi) is 4.25. The van der Waals surface area contributed by atoms with Crippen molar-refractivity contribution in [1.82, 2.24) is 9.88 Å². The Balaban J connectivity index is 1.70. The van der Waals surface area contributed by atoms with Crippen molar-refractivity contribution in [3.05, 3.63) is 69.7 Å². The number of aryl methyl sites for hydroxylation is 1. The van der Waals surface area contributed by atoms with Gasteiger partial charge in [-0.15, -0.1) is 0 Å². The quantitative estimate of drug-likeness (QED) is 0.801. The molecule has 3 aromatic rings. The lowest BCUT2D eigenvalue weighted by Crippen LogP contribution is -2.22. The molecule has 0 saturated carbocycles. The largest absolute Gasteiger partial charge is 0.419 e. The fourth-order valence-electron chi connectivity index (χ4n) is 2.59. The number of fused-ring (bicyclic) bond motifs is 1. The third kappa shape index (κ3) is 3.11. The van der Waals surface area contributed by atoms with Gasteiger partial charge in [0.15, 0.2) is 5.58 Å². The second kappa shape index (κ2) is 6.35. The van der Waals surface area contributed by atoms with E-state index in [1.54, 1.807) is 13.1 Å². The van der Waals surface area contributed by atoms with E-state index in [0.29, 0.717) is 23.6 Å². The van der Waals surface area contributed by atoms with E-state index in [-0.39, 0.29) is 5.91 Å². The lowest BCUT2D eigenvalue weighted by atomic mass is 10.0. The molecule has 0 unspecified atom stereocenters. The number of nitrogens with zero attached hydrogens (tertiary/aromatic N) is 1. The van der Waals surface area contributed by atoms with Crippen LogP contribution in [-0.4, -0.2) is 10.5 Å². The number of rotatable bonds is 4. The zero-order chi connectivity index (χ0) is 17.3. The topological polar surface area (TPSA) is 64.2 Å². The molecule has 124 valence electrons. The molecule has 0 radical (unpaired) electrons. The van der Waals surface area contributed by atoms with Gasteiger partial charge >= 0.3 is 5.76 Å². The highest BCUT2D eigenvalue weighted by Gasteiger charge is 2.09. The van der Waals surface area contributed by atoms with Crippen molar-refractivity contribution in [1.29, 1.82) is 0 Å². The Hall–Kier alpha value is -2.82. The Labute approximate surface area is 139 Å². The summed E-state index contributed by atoms with van der Waals surface area (Å²) in [6.07, 6.45) is 0. The van der Waals surface area contributed by atoms with E-state index >= 15 is 0 Å². The highest BCUT2D eigenvalue weighted by molar-refractivity contribution is 5.94. The van der Waals surface area contributed by atoms with Gasteiger partial charge in [-0.25, -0.2) is 4.79 Å². The molecular weight excluding hydrogens is 304 g/mol. The summed E-state index contributed by atoms with van der Waals surface area (Å²) in [5.41, 5.74) is 3.97. The number of hydrogen-bond acceptors (Lipinski definition) is 3. The second-order valence-corrected chi connectivity index (χ2v) is 6.19. The SMILES string of the molecule is CC(C)c1ccc(C(=O)NCc2ccc3c(c2)oc(=O)n3C)cc1. The van der Waals surface area contributed by atoms with Gasteiger partial charge in [0.05, 0.1) is 5.52 Å². The van der Waals surface area contributed by atoms with Gasteiger partial charge in [0.1, 0.15) is 0 Å². The van der Waals surface area contributed by atoms with Crippen LogP contribution in [0.5, 0.6) is 0 Å². The zero-order valence-electron chi connectivity index (χ0n) is 14.0. The fraction of sp³-hybridized carbons (Fsp3) is 0.263. The summed E-state index contributed by atoms with van der Waals surface area (Å²) in [5, 5.41) is 2.88. The molecule has 3 rings (SSSR count). The maximum Gasteiger partial charge on any atom is 0.419 e. The molecule has 1 aromatic heterocycles. The minimum atomic E-state index is -0.392. The highest BCUT2D eigenvalue weighted by Crippen LogP contribution is 2.16. The van der Waals surface area contributed by atoms with Gasteiger partial charge in [-0.2, -0.15) is 0 Å². The van der Waals surface area contributed by atoms with E-state index in [1.165, 1.54) is 10.1 Å². The van der Waals surface area contributed by atoms with Crippen LogP contribution in [0.25, 0.3) is 11.1 Å². The number of aromatic nitrogens is 1. The highest BCUT2D eigenvalue weighted by atomic mass is 16.4. The maximum absolute atomic E-state index is 12.2. The summed E-state index contributed by atoms with van der Waals surface area (Å²) in [6.45, 7) is 4.61. The van der Waals surface area contributed by atoms with Crippen LogP contribution in [0.2, 0.25) is 0 Å². The first-order chi connectivity index (χ1) is 11.5. The molecule has 0 saturated heterocycles. The van der Waals surface area contributed by atoms with Crippen LogP contribution in [0.15, 0.2) is 51.7 Å². The Morgan fingerprint density at radius 2 is 1.88 bits per heavy atom. The second-order valence-electron chi connectivity index (χ2n) is 6.19. The first-order valence-corrected chi connectivity index (χ1v) is 7.92. The summed E-state index contributed by atoms with van der Waals surface area (Å²) in [4.78, 5) is 23.7. The Bertz CT molecular complexity index is 933.